The Kier molecular flexibility index (Phi) is 5.66. The number of hydrogen-bond acceptors (Lipinski definition) is 3. The van der Waals surface area contributed by atoms with Crippen molar-refractivity contribution >= 4 is 21.8 Å². The molecule has 1 N–H and O–H groups in total. The molecule has 4 nitrogen and oxygen atoms in total. The van der Waals surface area contributed by atoms with Crippen molar-refractivity contribution in [1.29, 1.82) is 0 Å². The third-order valence-corrected chi connectivity index (χ3v) is 4.03. The molecule has 1 aromatic carbocycles. The zero-order chi connectivity index (χ0) is 14.5. The van der Waals surface area contributed by atoms with Crippen LogP contribution in [0.1, 0.15) is 19.4 Å². The molecule has 1 rings (SSSR count). The maximum absolute atomic E-state index is 11.9. The first kappa shape index (κ1) is 15.8. The lowest BCUT2D eigenvalue weighted by Crippen LogP contribution is -2.45. The quantitative estimate of drug-likeness (QED) is 0.816. The fraction of sp³-hybridized carbons (Fsp3) is 0.500. The van der Waals surface area contributed by atoms with E-state index in [9.17, 15) is 4.79 Å². The van der Waals surface area contributed by atoms with Crippen LogP contribution in [0.2, 0.25) is 0 Å². The van der Waals surface area contributed by atoms with E-state index in [1.807, 2.05) is 26.0 Å². The van der Waals surface area contributed by atoms with Crippen molar-refractivity contribution in [1.82, 2.24) is 5.32 Å². The van der Waals surface area contributed by atoms with Gasteiger partial charge in [0.15, 0.2) is 11.5 Å². The number of hydrogen-bond donors (Lipinski definition) is 1. The number of rotatable bonds is 6. The van der Waals surface area contributed by atoms with Crippen LogP contribution in [0.15, 0.2) is 18.2 Å². The summed E-state index contributed by atoms with van der Waals surface area (Å²) in [7, 11) is 3.17. The number of carbonyl (C=O) groups excluding carboxylic acids is 1. The van der Waals surface area contributed by atoms with E-state index in [1.165, 1.54) is 0 Å². The lowest BCUT2D eigenvalue weighted by atomic mass is 10.1. The van der Waals surface area contributed by atoms with Crippen molar-refractivity contribution in [2.24, 2.45) is 0 Å². The molecule has 19 heavy (non-hydrogen) atoms. The minimum absolute atomic E-state index is 0.0170. The molecule has 0 aliphatic carbocycles. The van der Waals surface area contributed by atoms with Gasteiger partial charge in [0, 0.05) is 10.9 Å². The van der Waals surface area contributed by atoms with E-state index in [-0.39, 0.29) is 11.4 Å². The second kappa shape index (κ2) is 6.80. The zero-order valence-corrected chi connectivity index (χ0v) is 13.3. The molecule has 0 saturated heterocycles. The van der Waals surface area contributed by atoms with E-state index < -0.39 is 0 Å². The fourth-order valence-electron chi connectivity index (χ4n) is 1.63. The van der Waals surface area contributed by atoms with E-state index >= 15 is 0 Å². The molecule has 0 unspecified atom stereocenters. The molecule has 0 aromatic heterocycles. The van der Waals surface area contributed by atoms with Gasteiger partial charge in [-0.05, 0) is 31.5 Å². The summed E-state index contributed by atoms with van der Waals surface area (Å²) in [5.41, 5.74) is 0.633. The predicted molar refractivity (Wildman–Crippen MR) is 79.3 cm³/mol. The van der Waals surface area contributed by atoms with Crippen LogP contribution in [-0.2, 0) is 11.2 Å². The summed E-state index contributed by atoms with van der Waals surface area (Å²) >= 11 is 3.38. The summed E-state index contributed by atoms with van der Waals surface area (Å²) in [5.74, 6) is 1.27. The highest BCUT2D eigenvalue weighted by molar-refractivity contribution is 9.09. The Bertz CT molecular complexity index is 446. The number of amides is 1. The highest BCUT2D eigenvalue weighted by atomic mass is 79.9. The second-order valence-electron chi connectivity index (χ2n) is 4.93. The fourth-order valence-corrected chi connectivity index (χ4v) is 1.77. The van der Waals surface area contributed by atoms with Crippen molar-refractivity contribution in [3.05, 3.63) is 23.8 Å². The van der Waals surface area contributed by atoms with E-state index in [0.29, 0.717) is 23.2 Å². The maximum atomic E-state index is 11.9. The number of methoxy groups -OCH3 is 2. The molecule has 0 radical (unpaired) electrons. The van der Waals surface area contributed by atoms with Gasteiger partial charge >= 0.3 is 0 Å². The minimum atomic E-state index is -0.256. The van der Waals surface area contributed by atoms with E-state index in [4.69, 9.17) is 9.47 Å². The van der Waals surface area contributed by atoms with Gasteiger partial charge in [-0.3, -0.25) is 4.79 Å². The van der Waals surface area contributed by atoms with Crippen LogP contribution in [0, 0.1) is 0 Å². The first-order valence-corrected chi connectivity index (χ1v) is 7.12. The van der Waals surface area contributed by atoms with Gasteiger partial charge in [0.2, 0.25) is 5.91 Å². The molecule has 1 amide bonds. The van der Waals surface area contributed by atoms with E-state index in [2.05, 4.69) is 21.2 Å². The van der Waals surface area contributed by atoms with Gasteiger partial charge in [-0.15, -0.1) is 0 Å². The molecule has 0 spiro atoms. The lowest BCUT2D eigenvalue weighted by Gasteiger charge is -2.23. The third kappa shape index (κ3) is 4.74. The number of ether oxygens (including phenoxy) is 2. The summed E-state index contributed by atoms with van der Waals surface area (Å²) in [4.78, 5) is 11.9. The second-order valence-corrected chi connectivity index (χ2v) is 5.49. The van der Waals surface area contributed by atoms with Crippen molar-refractivity contribution in [2.45, 2.75) is 25.8 Å². The van der Waals surface area contributed by atoms with Crippen LogP contribution >= 0.6 is 15.9 Å². The molecule has 0 atom stereocenters. The molecule has 0 saturated carbocycles. The van der Waals surface area contributed by atoms with Crippen LogP contribution in [0.5, 0.6) is 11.5 Å². The summed E-state index contributed by atoms with van der Waals surface area (Å²) < 4.78 is 10.4. The normalized spacial score (nSPS) is 11.0. The summed E-state index contributed by atoms with van der Waals surface area (Å²) in [6.45, 7) is 3.93. The Morgan fingerprint density at radius 3 is 2.42 bits per heavy atom. The predicted octanol–water partition coefficient (Wildman–Crippen LogP) is 2.54. The molecule has 0 heterocycles. The van der Waals surface area contributed by atoms with Gasteiger partial charge in [0.25, 0.3) is 0 Å². The third-order valence-electron chi connectivity index (χ3n) is 2.62. The van der Waals surface area contributed by atoms with Gasteiger partial charge < -0.3 is 14.8 Å². The Hall–Kier alpha value is -1.23. The number of alkyl halides is 1. The largest absolute Gasteiger partial charge is 0.493 e. The molecule has 1 aromatic rings. The first-order valence-electron chi connectivity index (χ1n) is 5.99. The van der Waals surface area contributed by atoms with Crippen molar-refractivity contribution in [3.63, 3.8) is 0 Å². The molecule has 106 valence electrons. The Labute approximate surface area is 122 Å². The SMILES string of the molecule is COc1ccc(CC(=O)NC(C)(C)CBr)cc1OC. The van der Waals surface area contributed by atoms with Gasteiger partial charge in [0.1, 0.15) is 0 Å². The summed E-state index contributed by atoms with van der Waals surface area (Å²) in [5, 5.41) is 3.67. The van der Waals surface area contributed by atoms with E-state index in [1.54, 1.807) is 20.3 Å². The minimum Gasteiger partial charge on any atom is -0.493 e. The Balaban J connectivity index is 2.75. The zero-order valence-electron chi connectivity index (χ0n) is 11.7. The molecule has 5 heteroatoms. The van der Waals surface area contributed by atoms with Crippen molar-refractivity contribution in [3.8, 4) is 11.5 Å². The standard InChI is InChI=1S/C14H20BrNO3/c1-14(2,9-15)16-13(17)8-10-5-6-11(18-3)12(7-10)19-4/h5-7H,8-9H2,1-4H3,(H,16,17). The smallest absolute Gasteiger partial charge is 0.224 e. The van der Waals surface area contributed by atoms with Crippen LogP contribution < -0.4 is 14.8 Å². The highest BCUT2D eigenvalue weighted by Crippen LogP contribution is 2.27. The summed E-state index contributed by atoms with van der Waals surface area (Å²) in [6, 6.07) is 5.48. The number of nitrogens with one attached hydrogen (secondary N) is 1. The van der Waals surface area contributed by atoms with Crippen LogP contribution in [-0.4, -0.2) is 31.0 Å². The molecular weight excluding hydrogens is 310 g/mol. The van der Waals surface area contributed by atoms with Crippen LogP contribution in [0.3, 0.4) is 0 Å². The topological polar surface area (TPSA) is 47.6 Å². The molecule has 0 aliphatic rings. The molecular formula is C14H20BrNO3. The molecule has 0 bridgehead atoms. The Morgan fingerprint density at radius 1 is 1.26 bits per heavy atom. The van der Waals surface area contributed by atoms with Crippen LogP contribution in [0.4, 0.5) is 0 Å². The lowest BCUT2D eigenvalue weighted by molar-refractivity contribution is -0.121. The molecule has 0 fully saturated rings. The molecule has 0 aliphatic heterocycles. The number of carbonyl (C=O) groups is 1. The van der Waals surface area contributed by atoms with Gasteiger partial charge in [-0.25, -0.2) is 0 Å². The first-order chi connectivity index (χ1) is 8.91. The average Bonchev–Trinajstić information content (AvgIpc) is 2.37. The number of halogens is 1. The van der Waals surface area contributed by atoms with Crippen molar-refractivity contribution in [2.75, 3.05) is 19.5 Å². The Morgan fingerprint density at radius 2 is 1.89 bits per heavy atom. The highest BCUT2D eigenvalue weighted by Gasteiger charge is 2.19. The van der Waals surface area contributed by atoms with Crippen LogP contribution in [0.25, 0.3) is 0 Å². The average molecular weight is 330 g/mol. The van der Waals surface area contributed by atoms with Gasteiger partial charge in [0.05, 0.1) is 20.6 Å². The van der Waals surface area contributed by atoms with Gasteiger partial charge in [-0.1, -0.05) is 22.0 Å². The summed E-state index contributed by atoms with van der Waals surface area (Å²) in [6.07, 6.45) is 0.316. The monoisotopic (exact) mass is 329 g/mol. The van der Waals surface area contributed by atoms with Gasteiger partial charge in [-0.2, -0.15) is 0 Å². The number of benzene rings is 1. The maximum Gasteiger partial charge on any atom is 0.224 e. The van der Waals surface area contributed by atoms with Crippen molar-refractivity contribution < 1.29 is 14.3 Å². The van der Waals surface area contributed by atoms with E-state index in [0.717, 1.165) is 5.56 Å².